The molecule has 9 nitrogen and oxygen atoms in total. The first kappa shape index (κ1) is 36.8. The summed E-state index contributed by atoms with van der Waals surface area (Å²) in [7, 11) is 0. The van der Waals surface area contributed by atoms with Gasteiger partial charge in [-0.05, 0) is 18.8 Å². The van der Waals surface area contributed by atoms with Crippen molar-refractivity contribution in [2.45, 2.75) is 166 Å². The standard InChI is InChI=1S/C31H57NO8/c1-4-6-8-9-10-11-12-13-14-16-17-22(3)27(35)28(36)23(32-26(34)18-15-7-5-2)19-20-24-29(37)31(39)30(38)25(21-33)40-24/h22-25,27-31,33,35-39H,4-18,21H2,1-3H3,(H,32,34)/t22?,23-,24+,25?,27+,28-,29?,30-,31+/m0/s1. The first-order valence-corrected chi connectivity index (χ1v) is 15.6. The van der Waals surface area contributed by atoms with Gasteiger partial charge in [0.05, 0.1) is 12.7 Å². The third-order valence-corrected chi connectivity index (χ3v) is 7.88. The van der Waals surface area contributed by atoms with Crippen molar-refractivity contribution in [2.75, 3.05) is 6.61 Å². The van der Waals surface area contributed by atoms with Gasteiger partial charge in [-0.2, -0.15) is 0 Å². The molecule has 0 bridgehead atoms. The summed E-state index contributed by atoms with van der Waals surface area (Å²) in [6, 6.07) is -1.13. The first-order valence-electron chi connectivity index (χ1n) is 15.6. The Labute approximate surface area is 241 Å². The summed E-state index contributed by atoms with van der Waals surface area (Å²) in [5.41, 5.74) is 0. The van der Waals surface area contributed by atoms with Gasteiger partial charge >= 0.3 is 0 Å². The average molecular weight is 572 g/mol. The minimum atomic E-state index is -1.58. The Balaban J connectivity index is 2.72. The lowest BCUT2D eigenvalue weighted by Crippen LogP contribution is -2.58. The SMILES string of the molecule is CCCCCCCCCCCCC(C)[C@@H](O)[C@@H](O)[C@H](C#C[C@H]1OC(CO)[C@H](O)[C@H](O)C1O)NC(=O)CCCCC. The van der Waals surface area contributed by atoms with E-state index in [9.17, 15) is 35.4 Å². The maximum atomic E-state index is 12.5. The molecule has 40 heavy (non-hydrogen) atoms. The molecule has 3 unspecified atom stereocenters. The molecule has 0 radical (unpaired) electrons. The molecule has 0 aliphatic carbocycles. The van der Waals surface area contributed by atoms with E-state index in [1.165, 1.54) is 44.9 Å². The summed E-state index contributed by atoms with van der Waals surface area (Å²) >= 11 is 0. The number of hydrogen-bond donors (Lipinski definition) is 7. The average Bonchev–Trinajstić information content (AvgIpc) is 2.95. The number of aliphatic hydroxyl groups is 6. The smallest absolute Gasteiger partial charge is 0.221 e. The molecule has 1 saturated heterocycles. The van der Waals surface area contributed by atoms with Crippen LogP contribution in [0.4, 0.5) is 0 Å². The van der Waals surface area contributed by atoms with Crippen molar-refractivity contribution >= 4 is 5.91 Å². The molecule has 9 atom stereocenters. The monoisotopic (exact) mass is 571 g/mol. The molecule has 9 heteroatoms. The van der Waals surface area contributed by atoms with Gasteiger partial charge in [0.2, 0.25) is 5.91 Å². The molecule has 0 aromatic heterocycles. The van der Waals surface area contributed by atoms with E-state index in [-0.39, 0.29) is 18.2 Å². The summed E-state index contributed by atoms with van der Waals surface area (Å²) in [5, 5.41) is 64.4. The van der Waals surface area contributed by atoms with Gasteiger partial charge in [0.15, 0.2) is 0 Å². The molecule has 1 fully saturated rings. The molecule has 0 aromatic carbocycles. The Hall–Kier alpha value is -1.25. The van der Waals surface area contributed by atoms with Crippen molar-refractivity contribution in [3.63, 3.8) is 0 Å². The van der Waals surface area contributed by atoms with Gasteiger partial charge in [0, 0.05) is 6.42 Å². The summed E-state index contributed by atoms with van der Waals surface area (Å²) in [6.45, 7) is 5.54. The maximum Gasteiger partial charge on any atom is 0.221 e. The fourth-order valence-corrected chi connectivity index (χ4v) is 5.04. The van der Waals surface area contributed by atoms with E-state index in [4.69, 9.17) is 4.74 Å². The van der Waals surface area contributed by atoms with Crippen LogP contribution in [0.25, 0.3) is 0 Å². The van der Waals surface area contributed by atoms with Crippen LogP contribution in [0.2, 0.25) is 0 Å². The zero-order valence-electron chi connectivity index (χ0n) is 25.0. The van der Waals surface area contributed by atoms with Crippen LogP contribution in [-0.2, 0) is 9.53 Å². The van der Waals surface area contributed by atoms with Crippen molar-refractivity contribution in [3.05, 3.63) is 0 Å². The molecule has 1 rings (SSSR count). The zero-order chi connectivity index (χ0) is 29.9. The van der Waals surface area contributed by atoms with E-state index in [2.05, 4.69) is 24.1 Å². The Kier molecular flexibility index (Phi) is 19.7. The van der Waals surface area contributed by atoms with Crippen molar-refractivity contribution in [1.29, 1.82) is 0 Å². The van der Waals surface area contributed by atoms with Crippen LogP contribution >= 0.6 is 0 Å². The third kappa shape index (κ3) is 13.6. The van der Waals surface area contributed by atoms with Crippen molar-refractivity contribution in [3.8, 4) is 11.8 Å². The highest BCUT2D eigenvalue weighted by Crippen LogP contribution is 2.22. The zero-order valence-corrected chi connectivity index (χ0v) is 25.0. The van der Waals surface area contributed by atoms with Crippen LogP contribution in [-0.4, -0.2) is 91.9 Å². The maximum absolute atomic E-state index is 12.5. The summed E-state index contributed by atoms with van der Waals surface area (Å²) in [4.78, 5) is 12.5. The van der Waals surface area contributed by atoms with E-state index in [1.807, 2.05) is 13.8 Å². The highest BCUT2D eigenvalue weighted by molar-refractivity contribution is 5.76. The highest BCUT2D eigenvalue weighted by atomic mass is 16.5. The number of unbranched alkanes of at least 4 members (excludes halogenated alkanes) is 11. The molecular weight excluding hydrogens is 514 g/mol. The van der Waals surface area contributed by atoms with E-state index in [0.717, 1.165) is 38.5 Å². The second-order valence-electron chi connectivity index (χ2n) is 11.5. The molecule has 0 aromatic rings. The second kappa shape index (κ2) is 21.5. The van der Waals surface area contributed by atoms with Crippen LogP contribution in [0, 0.1) is 17.8 Å². The van der Waals surface area contributed by atoms with Gasteiger partial charge in [-0.1, -0.05) is 110 Å². The molecule has 234 valence electrons. The topological polar surface area (TPSA) is 160 Å². The van der Waals surface area contributed by atoms with E-state index >= 15 is 0 Å². The second-order valence-corrected chi connectivity index (χ2v) is 11.5. The van der Waals surface area contributed by atoms with Gasteiger partial charge in [-0.25, -0.2) is 0 Å². The van der Waals surface area contributed by atoms with Gasteiger partial charge in [-0.15, -0.1) is 0 Å². The van der Waals surface area contributed by atoms with Gasteiger partial charge < -0.3 is 40.7 Å². The van der Waals surface area contributed by atoms with Crippen LogP contribution < -0.4 is 5.32 Å². The summed E-state index contributed by atoms with van der Waals surface area (Å²) in [6.07, 6.45) is 6.08. The Morgan fingerprint density at radius 1 is 0.800 bits per heavy atom. The fraction of sp³-hybridized carbons (Fsp3) is 0.903. The molecule has 7 N–H and O–H groups in total. The molecule has 1 amide bonds. The predicted octanol–water partition coefficient (Wildman–Crippen LogP) is 2.57. The van der Waals surface area contributed by atoms with E-state index in [1.54, 1.807) is 0 Å². The molecule has 1 aliphatic heterocycles. The van der Waals surface area contributed by atoms with Crippen molar-refractivity contribution in [2.24, 2.45) is 5.92 Å². The largest absolute Gasteiger partial charge is 0.394 e. The lowest BCUT2D eigenvalue weighted by atomic mass is 9.90. The number of carbonyl (C=O) groups excluding carboxylic acids is 1. The Morgan fingerprint density at radius 3 is 1.93 bits per heavy atom. The van der Waals surface area contributed by atoms with Crippen LogP contribution in [0.5, 0.6) is 0 Å². The molecule has 1 heterocycles. The number of ether oxygens (including phenoxy) is 1. The fourth-order valence-electron chi connectivity index (χ4n) is 5.04. The number of amides is 1. The van der Waals surface area contributed by atoms with Crippen molar-refractivity contribution < 1.29 is 40.2 Å². The third-order valence-electron chi connectivity index (χ3n) is 7.88. The minimum Gasteiger partial charge on any atom is -0.394 e. The Morgan fingerprint density at radius 2 is 1.35 bits per heavy atom. The summed E-state index contributed by atoms with van der Waals surface area (Å²) in [5.74, 6) is 4.81. The molecule has 1 aliphatic rings. The quantitative estimate of drug-likeness (QED) is 0.0867. The number of aliphatic hydroxyl groups excluding tert-OH is 6. The van der Waals surface area contributed by atoms with Crippen molar-refractivity contribution in [1.82, 2.24) is 5.32 Å². The van der Waals surface area contributed by atoms with E-state index in [0.29, 0.717) is 6.42 Å². The Bertz CT molecular complexity index is 724. The molecule has 0 spiro atoms. The lowest BCUT2D eigenvalue weighted by Gasteiger charge is -2.38. The molecular formula is C31H57NO8. The van der Waals surface area contributed by atoms with Crippen LogP contribution in [0.1, 0.15) is 117 Å². The van der Waals surface area contributed by atoms with Crippen LogP contribution in [0.15, 0.2) is 0 Å². The number of carbonyl (C=O) groups is 1. The predicted molar refractivity (Wildman–Crippen MR) is 155 cm³/mol. The normalized spacial score (nSPS) is 25.9. The number of hydrogen-bond acceptors (Lipinski definition) is 8. The molecule has 0 saturated carbocycles. The highest BCUT2D eigenvalue weighted by Gasteiger charge is 2.43. The summed E-state index contributed by atoms with van der Waals surface area (Å²) < 4.78 is 5.43. The van der Waals surface area contributed by atoms with Crippen LogP contribution in [0.3, 0.4) is 0 Å². The number of rotatable bonds is 20. The minimum absolute atomic E-state index is 0.224. The van der Waals surface area contributed by atoms with Gasteiger partial charge in [0.1, 0.15) is 42.7 Å². The van der Waals surface area contributed by atoms with E-state index < -0.39 is 55.4 Å². The van der Waals surface area contributed by atoms with Gasteiger partial charge in [-0.3, -0.25) is 4.79 Å². The number of nitrogens with one attached hydrogen (secondary N) is 1. The first-order chi connectivity index (χ1) is 19.2. The lowest BCUT2D eigenvalue weighted by molar-refractivity contribution is -0.214. The van der Waals surface area contributed by atoms with Gasteiger partial charge in [0.25, 0.3) is 0 Å².